The van der Waals surface area contributed by atoms with Crippen LogP contribution >= 0.6 is 0 Å². The van der Waals surface area contributed by atoms with Crippen LogP contribution in [0.25, 0.3) is 0 Å². The van der Waals surface area contributed by atoms with Gasteiger partial charge in [-0.2, -0.15) is 0 Å². The van der Waals surface area contributed by atoms with Crippen LogP contribution in [0.15, 0.2) is 24.3 Å². The number of unbranched alkanes of at least 4 members (excludes halogenated alkanes) is 1. The van der Waals surface area contributed by atoms with Crippen molar-refractivity contribution in [2.24, 2.45) is 0 Å². The summed E-state index contributed by atoms with van der Waals surface area (Å²) in [6.07, 6.45) is 6.97. The van der Waals surface area contributed by atoms with Crippen LogP contribution < -0.4 is 22.0 Å². The van der Waals surface area contributed by atoms with E-state index in [-0.39, 0.29) is 18.4 Å². The summed E-state index contributed by atoms with van der Waals surface area (Å²) in [5, 5.41) is 0. The van der Waals surface area contributed by atoms with Crippen LogP contribution in [0.2, 0.25) is 0 Å². The van der Waals surface area contributed by atoms with Gasteiger partial charge in [-0.25, -0.2) is 4.79 Å². The SMILES string of the molecule is CCCCOc1ccccc1C(=O)OCCC[NH+]1CCCCC1C.[Cl-]. The van der Waals surface area contributed by atoms with E-state index in [2.05, 4.69) is 13.8 Å². The molecule has 1 fully saturated rings. The average molecular weight is 370 g/mol. The highest BCUT2D eigenvalue weighted by Crippen LogP contribution is 2.19. The van der Waals surface area contributed by atoms with E-state index in [1.807, 2.05) is 18.2 Å². The molecule has 142 valence electrons. The van der Waals surface area contributed by atoms with Crippen LogP contribution in [0.5, 0.6) is 5.75 Å². The lowest BCUT2D eigenvalue weighted by atomic mass is 10.0. The fourth-order valence-corrected chi connectivity index (χ4v) is 3.25. The van der Waals surface area contributed by atoms with Gasteiger partial charge >= 0.3 is 5.97 Å². The van der Waals surface area contributed by atoms with Crippen molar-refractivity contribution in [3.63, 3.8) is 0 Å². The van der Waals surface area contributed by atoms with Crippen molar-refractivity contribution in [2.45, 2.75) is 58.4 Å². The molecule has 5 heteroatoms. The fraction of sp³-hybridized carbons (Fsp3) is 0.650. The Morgan fingerprint density at radius 2 is 2.00 bits per heavy atom. The van der Waals surface area contributed by atoms with Crippen molar-refractivity contribution in [1.29, 1.82) is 0 Å². The summed E-state index contributed by atoms with van der Waals surface area (Å²) >= 11 is 0. The van der Waals surface area contributed by atoms with Crippen LogP contribution in [0, 0.1) is 0 Å². The predicted octanol–water partition coefficient (Wildman–Crippen LogP) is -0.126. The maximum atomic E-state index is 12.3. The molecule has 2 unspecified atom stereocenters. The van der Waals surface area contributed by atoms with E-state index in [1.165, 1.54) is 25.8 Å². The van der Waals surface area contributed by atoms with Gasteiger partial charge in [-0.1, -0.05) is 25.5 Å². The first-order valence-corrected chi connectivity index (χ1v) is 9.46. The van der Waals surface area contributed by atoms with E-state index >= 15 is 0 Å². The number of hydrogen-bond donors (Lipinski definition) is 1. The lowest BCUT2D eigenvalue weighted by Gasteiger charge is -2.30. The molecule has 1 aromatic rings. The molecule has 1 aromatic carbocycles. The predicted molar refractivity (Wildman–Crippen MR) is 95.8 cm³/mol. The van der Waals surface area contributed by atoms with E-state index in [1.54, 1.807) is 11.0 Å². The molecule has 0 aliphatic carbocycles. The third-order valence-corrected chi connectivity index (χ3v) is 4.82. The topological polar surface area (TPSA) is 40.0 Å². The average Bonchev–Trinajstić information content (AvgIpc) is 2.60. The molecular formula is C20H32ClNO3. The lowest BCUT2D eigenvalue weighted by molar-refractivity contribution is -0.928. The number of para-hydroxylation sites is 1. The molecule has 2 atom stereocenters. The summed E-state index contributed by atoms with van der Waals surface area (Å²) < 4.78 is 11.2. The molecule has 1 aliphatic rings. The Morgan fingerprint density at radius 1 is 1.20 bits per heavy atom. The van der Waals surface area contributed by atoms with Crippen LogP contribution in [0.3, 0.4) is 0 Å². The number of nitrogens with one attached hydrogen (secondary N) is 1. The minimum Gasteiger partial charge on any atom is -1.00 e. The van der Waals surface area contributed by atoms with Crippen molar-refractivity contribution in [3.05, 3.63) is 29.8 Å². The fourth-order valence-electron chi connectivity index (χ4n) is 3.25. The number of carbonyl (C=O) groups is 1. The highest BCUT2D eigenvalue weighted by Gasteiger charge is 2.21. The van der Waals surface area contributed by atoms with Gasteiger partial charge in [0.15, 0.2) is 0 Å². The van der Waals surface area contributed by atoms with Gasteiger partial charge in [0.1, 0.15) is 11.3 Å². The summed E-state index contributed by atoms with van der Waals surface area (Å²) in [6, 6.07) is 8.09. The Hall–Kier alpha value is -1.26. The number of carbonyl (C=O) groups excluding carboxylic acids is 1. The highest BCUT2D eigenvalue weighted by molar-refractivity contribution is 5.92. The van der Waals surface area contributed by atoms with Gasteiger partial charge in [0.05, 0.1) is 32.3 Å². The summed E-state index contributed by atoms with van der Waals surface area (Å²) in [6.45, 7) is 7.90. The number of esters is 1. The maximum Gasteiger partial charge on any atom is 0.341 e. The molecule has 2 rings (SSSR count). The summed E-state index contributed by atoms with van der Waals surface area (Å²) in [4.78, 5) is 14.0. The monoisotopic (exact) mass is 369 g/mol. The first-order valence-electron chi connectivity index (χ1n) is 9.46. The maximum absolute atomic E-state index is 12.3. The molecular weight excluding hydrogens is 338 g/mol. The molecule has 1 heterocycles. The second-order valence-electron chi connectivity index (χ2n) is 6.74. The van der Waals surface area contributed by atoms with Crippen molar-refractivity contribution in [2.75, 3.05) is 26.3 Å². The van der Waals surface area contributed by atoms with Crippen molar-refractivity contribution in [1.82, 2.24) is 0 Å². The number of halogens is 1. The Kier molecular flexibility index (Phi) is 10.6. The molecule has 0 radical (unpaired) electrons. The number of piperidine rings is 1. The first-order chi connectivity index (χ1) is 11.7. The van der Waals surface area contributed by atoms with Crippen LogP contribution in [0.1, 0.15) is 62.7 Å². The Morgan fingerprint density at radius 3 is 2.76 bits per heavy atom. The molecule has 0 amide bonds. The quantitative estimate of drug-likeness (QED) is 0.487. The number of likely N-dealkylation sites (tertiary alicyclic amines) is 1. The Balaban J connectivity index is 0.00000312. The molecule has 25 heavy (non-hydrogen) atoms. The van der Waals surface area contributed by atoms with Gasteiger partial charge in [0.2, 0.25) is 0 Å². The van der Waals surface area contributed by atoms with E-state index in [0.29, 0.717) is 24.5 Å². The van der Waals surface area contributed by atoms with Gasteiger partial charge in [0.25, 0.3) is 0 Å². The standard InChI is InChI=1S/C20H31NO3.ClH/c1-3-4-15-23-19-12-6-5-11-18(19)20(22)24-16-9-14-21-13-8-7-10-17(21)2;/h5-6,11-12,17H,3-4,7-10,13-16H2,1-2H3;1H. The van der Waals surface area contributed by atoms with E-state index in [9.17, 15) is 4.79 Å². The third-order valence-electron chi connectivity index (χ3n) is 4.82. The van der Waals surface area contributed by atoms with Gasteiger partial charge in [0, 0.05) is 6.42 Å². The van der Waals surface area contributed by atoms with Gasteiger partial charge < -0.3 is 26.8 Å². The second-order valence-corrected chi connectivity index (χ2v) is 6.74. The van der Waals surface area contributed by atoms with Crippen molar-refractivity contribution < 1.29 is 31.6 Å². The third kappa shape index (κ3) is 7.25. The minimum atomic E-state index is -0.274. The molecule has 4 nitrogen and oxygen atoms in total. The largest absolute Gasteiger partial charge is 1.00 e. The molecule has 0 aromatic heterocycles. The number of hydrogen-bond acceptors (Lipinski definition) is 3. The lowest BCUT2D eigenvalue weighted by Crippen LogP contribution is -3.16. The zero-order chi connectivity index (χ0) is 17.2. The number of rotatable bonds is 9. The van der Waals surface area contributed by atoms with E-state index < -0.39 is 0 Å². The molecule has 0 saturated carbocycles. The van der Waals surface area contributed by atoms with E-state index in [4.69, 9.17) is 9.47 Å². The molecule has 1 aliphatic heterocycles. The Labute approximate surface area is 158 Å². The summed E-state index contributed by atoms with van der Waals surface area (Å²) in [7, 11) is 0. The summed E-state index contributed by atoms with van der Waals surface area (Å²) in [5.41, 5.74) is 0.535. The van der Waals surface area contributed by atoms with Gasteiger partial charge in [-0.15, -0.1) is 0 Å². The van der Waals surface area contributed by atoms with Crippen LogP contribution in [-0.2, 0) is 4.74 Å². The second kappa shape index (κ2) is 12.2. The van der Waals surface area contributed by atoms with Gasteiger partial charge in [-0.3, -0.25) is 0 Å². The number of benzene rings is 1. The van der Waals surface area contributed by atoms with Crippen LogP contribution in [-0.4, -0.2) is 38.3 Å². The molecule has 0 spiro atoms. The van der Waals surface area contributed by atoms with Crippen LogP contribution in [0.4, 0.5) is 0 Å². The van der Waals surface area contributed by atoms with E-state index in [0.717, 1.165) is 31.8 Å². The smallest absolute Gasteiger partial charge is 0.341 e. The number of ether oxygens (including phenoxy) is 2. The molecule has 1 saturated heterocycles. The highest BCUT2D eigenvalue weighted by atomic mass is 35.5. The zero-order valence-corrected chi connectivity index (χ0v) is 16.3. The van der Waals surface area contributed by atoms with Crippen molar-refractivity contribution >= 4 is 5.97 Å². The molecule has 1 N–H and O–H groups in total. The number of quaternary nitrogens is 1. The van der Waals surface area contributed by atoms with Gasteiger partial charge in [-0.05, 0) is 44.7 Å². The first kappa shape index (κ1) is 21.8. The molecule has 0 bridgehead atoms. The normalized spacial score (nSPS) is 19.8. The zero-order valence-electron chi connectivity index (χ0n) is 15.6. The summed E-state index contributed by atoms with van der Waals surface area (Å²) in [5.74, 6) is 0.356. The minimum absolute atomic E-state index is 0. The Bertz CT molecular complexity index is 509. The van der Waals surface area contributed by atoms with Crippen molar-refractivity contribution in [3.8, 4) is 5.75 Å².